The molecule has 0 spiro atoms. The first kappa shape index (κ1) is 16.8. The number of rotatable bonds is 7. The summed E-state index contributed by atoms with van der Waals surface area (Å²) in [6.07, 6.45) is 3.91. The molecule has 6 heteroatoms. The van der Waals surface area contributed by atoms with E-state index in [0.717, 1.165) is 28.8 Å². The van der Waals surface area contributed by atoms with Crippen LogP contribution >= 0.6 is 23.4 Å². The summed E-state index contributed by atoms with van der Waals surface area (Å²) in [7, 11) is 0. The van der Waals surface area contributed by atoms with E-state index >= 15 is 0 Å². The fourth-order valence-corrected chi connectivity index (χ4v) is 2.83. The second kappa shape index (κ2) is 8.76. The second-order valence-electron chi connectivity index (χ2n) is 4.68. The van der Waals surface area contributed by atoms with E-state index < -0.39 is 0 Å². The molecule has 22 heavy (non-hydrogen) atoms. The highest BCUT2D eigenvalue weighted by molar-refractivity contribution is 7.98. The number of amides is 1. The minimum Gasteiger partial charge on any atom is -0.351 e. The molecule has 0 aliphatic carbocycles. The SMILES string of the molecule is CCc1ncc(C(=O)NCCSCc2cccc(Cl)c2)cn1. The highest BCUT2D eigenvalue weighted by Gasteiger charge is 2.06. The number of aromatic nitrogens is 2. The van der Waals surface area contributed by atoms with Crippen molar-refractivity contribution >= 4 is 29.3 Å². The highest BCUT2D eigenvalue weighted by atomic mass is 35.5. The normalized spacial score (nSPS) is 10.5. The molecule has 2 aromatic rings. The van der Waals surface area contributed by atoms with Crippen LogP contribution in [-0.2, 0) is 12.2 Å². The summed E-state index contributed by atoms with van der Waals surface area (Å²) < 4.78 is 0. The molecule has 4 nitrogen and oxygen atoms in total. The molecular formula is C16H18ClN3OS. The first-order valence-electron chi connectivity index (χ1n) is 7.10. The Balaban J connectivity index is 1.68. The second-order valence-corrected chi connectivity index (χ2v) is 6.22. The lowest BCUT2D eigenvalue weighted by Gasteiger charge is -2.05. The van der Waals surface area contributed by atoms with E-state index in [-0.39, 0.29) is 5.91 Å². The van der Waals surface area contributed by atoms with E-state index in [2.05, 4.69) is 15.3 Å². The minimum atomic E-state index is -0.133. The van der Waals surface area contributed by atoms with Crippen LogP contribution in [-0.4, -0.2) is 28.2 Å². The number of carbonyl (C=O) groups is 1. The van der Waals surface area contributed by atoms with Crippen LogP contribution in [0.5, 0.6) is 0 Å². The third-order valence-electron chi connectivity index (χ3n) is 2.97. The molecule has 0 bridgehead atoms. The predicted molar refractivity (Wildman–Crippen MR) is 91.4 cm³/mol. The average Bonchev–Trinajstić information content (AvgIpc) is 2.54. The molecule has 1 aromatic carbocycles. The van der Waals surface area contributed by atoms with Gasteiger partial charge in [-0.05, 0) is 17.7 Å². The zero-order chi connectivity index (χ0) is 15.8. The van der Waals surface area contributed by atoms with E-state index in [0.29, 0.717) is 12.1 Å². The molecule has 0 radical (unpaired) electrons. The number of halogens is 1. The predicted octanol–water partition coefficient (Wildman–Crippen LogP) is 3.36. The largest absolute Gasteiger partial charge is 0.351 e. The van der Waals surface area contributed by atoms with E-state index in [4.69, 9.17) is 11.6 Å². The summed E-state index contributed by atoms with van der Waals surface area (Å²) in [5.74, 6) is 2.33. The number of hydrogen-bond donors (Lipinski definition) is 1. The van der Waals surface area contributed by atoms with Gasteiger partial charge in [0.15, 0.2) is 0 Å². The van der Waals surface area contributed by atoms with Gasteiger partial charge in [0.2, 0.25) is 0 Å². The number of benzene rings is 1. The van der Waals surface area contributed by atoms with Gasteiger partial charge in [-0.3, -0.25) is 4.79 Å². The summed E-state index contributed by atoms with van der Waals surface area (Å²) in [5.41, 5.74) is 1.68. The molecule has 1 heterocycles. The fourth-order valence-electron chi connectivity index (χ4n) is 1.81. The molecule has 0 saturated carbocycles. The van der Waals surface area contributed by atoms with Gasteiger partial charge in [-0.1, -0.05) is 30.7 Å². The zero-order valence-electron chi connectivity index (χ0n) is 12.4. The molecule has 0 saturated heterocycles. The summed E-state index contributed by atoms with van der Waals surface area (Å²) in [5, 5.41) is 3.62. The fraction of sp³-hybridized carbons (Fsp3) is 0.312. The van der Waals surface area contributed by atoms with Gasteiger partial charge in [0.05, 0.1) is 5.56 Å². The topological polar surface area (TPSA) is 54.9 Å². The van der Waals surface area contributed by atoms with Gasteiger partial charge in [0, 0.05) is 41.9 Å². The molecule has 0 fully saturated rings. The Morgan fingerprint density at radius 2 is 2.09 bits per heavy atom. The van der Waals surface area contributed by atoms with Crippen LogP contribution in [0.2, 0.25) is 5.02 Å². The molecule has 1 aromatic heterocycles. The lowest BCUT2D eigenvalue weighted by atomic mass is 10.2. The van der Waals surface area contributed by atoms with Gasteiger partial charge in [0.25, 0.3) is 5.91 Å². The number of nitrogens with zero attached hydrogens (tertiary/aromatic N) is 2. The standard InChI is InChI=1S/C16H18ClN3OS/c1-2-15-19-9-13(10-20-15)16(21)18-6-7-22-11-12-4-3-5-14(17)8-12/h3-5,8-10H,2,6-7,11H2,1H3,(H,18,21). The van der Waals surface area contributed by atoms with Crippen molar-refractivity contribution in [1.82, 2.24) is 15.3 Å². The van der Waals surface area contributed by atoms with Gasteiger partial charge >= 0.3 is 0 Å². The lowest BCUT2D eigenvalue weighted by molar-refractivity contribution is 0.0955. The Morgan fingerprint density at radius 3 is 2.77 bits per heavy atom. The quantitative estimate of drug-likeness (QED) is 0.788. The van der Waals surface area contributed by atoms with E-state index in [1.165, 1.54) is 5.56 Å². The van der Waals surface area contributed by atoms with Crippen LogP contribution in [0.4, 0.5) is 0 Å². The van der Waals surface area contributed by atoms with Crippen molar-refractivity contribution in [1.29, 1.82) is 0 Å². The Labute approximate surface area is 139 Å². The molecule has 0 atom stereocenters. The lowest BCUT2D eigenvalue weighted by Crippen LogP contribution is -2.26. The molecule has 1 N–H and O–H groups in total. The molecule has 2 rings (SSSR count). The number of aryl methyl sites for hydroxylation is 1. The Morgan fingerprint density at radius 1 is 1.32 bits per heavy atom. The van der Waals surface area contributed by atoms with Crippen LogP contribution in [0.3, 0.4) is 0 Å². The maximum atomic E-state index is 11.9. The van der Waals surface area contributed by atoms with Gasteiger partial charge in [-0.2, -0.15) is 11.8 Å². The van der Waals surface area contributed by atoms with E-state index in [1.807, 2.05) is 31.2 Å². The maximum Gasteiger partial charge on any atom is 0.254 e. The summed E-state index contributed by atoms with van der Waals surface area (Å²) >= 11 is 7.69. The van der Waals surface area contributed by atoms with E-state index in [1.54, 1.807) is 24.2 Å². The van der Waals surface area contributed by atoms with Crippen molar-refractivity contribution in [3.8, 4) is 0 Å². The monoisotopic (exact) mass is 335 g/mol. The first-order valence-corrected chi connectivity index (χ1v) is 8.63. The molecule has 0 aliphatic heterocycles. The number of hydrogen-bond acceptors (Lipinski definition) is 4. The summed E-state index contributed by atoms with van der Waals surface area (Å²) in [6.45, 7) is 2.59. The molecular weight excluding hydrogens is 318 g/mol. The van der Waals surface area contributed by atoms with Crippen LogP contribution in [0, 0.1) is 0 Å². The van der Waals surface area contributed by atoms with Crippen LogP contribution in [0.25, 0.3) is 0 Å². The van der Waals surface area contributed by atoms with Crippen molar-refractivity contribution < 1.29 is 4.79 Å². The first-order chi connectivity index (χ1) is 10.7. The number of carbonyl (C=O) groups excluding carboxylic acids is 1. The van der Waals surface area contributed by atoms with Crippen molar-refractivity contribution in [3.63, 3.8) is 0 Å². The van der Waals surface area contributed by atoms with Gasteiger partial charge in [0.1, 0.15) is 5.82 Å². The molecule has 1 amide bonds. The van der Waals surface area contributed by atoms with Crippen molar-refractivity contribution in [2.24, 2.45) is 0 Å². The molecule has 116 valence electrons. The zero-order valence-corrected chi connectivity index (χ0v) is 14.0. The third-order valence-corrected chi connectivity index (χ3v) is 4.24. The minimum absolute atomic E-state index is 0.133. The van der Waals surface area contributed by atoms with E-state index in [9.17, 15) is 4.79 Å². The maximum absolute atomic E-state index is 11.9. The Hall–Kier alpha value is -1.59. The van der Waals surface area contributed by atoms with Crippen LogP contribution in [0.1, 0.15) is 28.7 Å². The van der Waals surface area contributed by atoms with Crippen LogP contribution in [0.15, 0.2) is 36.7 Å². The van der Waals surface area contributed by atoms with Crippen molar-refractivity contribution in [3.05, 3.63) is 58.6 Å². The summed E-state index contributed by atoms with van der Waals surface area (Å²) in [4.78, 5) is 20.1. The highest BCUT2D eigenvalue weighted by Crippen LogP contribution is 2.16. The molecule has 0 aliphatic rings. The van der Waals surface area contributed by atoms with Crippen molar-refractivity contribution in [2.75, 3.05) is 12.3 Å². The van der Waals surface area contributed by atoms with Gasteiger partial charge in [-0.15, -0.1) is 0 Å². The molecule has 0 unspecified atom stereocenters. The number of nitrogens with one attached hydrogen (secondary N) is 1. The van der Waals surface area contributed by atoms with Gasteiger partial charge < -0.3 is 5.32 Å². The van der Waals surface area contributed by atoms with Crippen molar-refractivity contribution in [2.45, 2.75) is 19.1 Å². The number of thioether (sulfide) groups is 1. The Kier molecular flexibility index (Phi) is 6.68. The smallest absolute Gasteiger partial charge is 0.254 e. The van der Waals surface area contributed by atoms with Crippen LogP contribution < -0.4 is 5.32 Å². The third kappa shape index (κ3) is 5.31. The average molecular weight is 336 g/mol. The Bertz CT molecular complexity index is 619. The summed E-state index contributed by atoms with van der Waals surface area (Å²) in [6, 6.07) is 7.81. The van der Waals surface area contributed by atoms with Gasteiger partial charge in [-0.25, -0.2) is 9.97 Å².